The van der Waals surface area contributed by atoms with Crippen molar-refractivity contribution >= 4 is 29.0 Å². The first-order valence-electron chi connectivity index (χ1n) is 9.42. The molecule has 0 fully saturated rings. The molecule has 0 aliphatic heterocycles. The summed E-state index contributed by atoms with van der Waals surface area (Å²) in [6.07, 6.45) is 0. The van der Waals surface area contributed by atoms with Crippen LogP contribution in [0.5, 0.6) is 11.6 Å². The predicted molar refractivity (Wildman–Crippen MR) is 117 cm³/mol. The number of hydrogen-bond acceptors (Lipinski definition) is 6. The van der Waals surface area contributed by atoms with Crippen LogP contribution in [0.1, 0.15) is 0 Å². The maximum Gasteiger partial charge on any atom is 0.319 e. The molecule has 0 radical (unpaired) electrons. The normalized spacial score (nSPS) is 10.6. The van der Waals surface area contributed by atoms with Gasteiger partial charge in [-0.3, -0.25) is 0 Å². The van der Waals surface area contributed by atoms with Crippen LogP contribution in [0.15, 0.2) is 60.7 Å². The number of halogens is 1. The zero-order valence-corrected chi connectivity index (χ0v) is 17.3. The first-order valence-corrected chi connectivity index (χ1v) is 9.80. The van der Waals surface area contributed by atoms with E-state index in [1.165, 1.54) is 0 Å². The van der Waals surface area contributed by atoms with Crippen molar-refractivity contribution in [2.24, 2.45) is 0 Å². The molecular weight excluding hydrogens is 420 g/mol. The topological polar surface area (TPSA) is 103 Å². The Morgan fingerprint density at radius 2 is 1.81 bits per heavy atom. The molecule has 0 atom stereocenters. The highest BCUT2D eigenvalue weighted by Crippen LogP contribution is 2.21. The fourth-order valence-corrected chi connectivity index (χ4v) is 2.92. The summed E-state index contributed by atoms with van der Waals surface area (Å²) in [5.74, 6) is 1.73. The molecule has 4 rings (SSSR count). The van der Waals surface area contributed by atoms with Gasteiger partial charge in [0.25, 0.3) is 0 Å². The summed E-state index contributed by atoms with van der Waals surface area (Å²) in [6.45, 7) is 0.541. The zero-order valence-electron chi connectivity index (χ0n) is 16.6. The molecule has 0 spiro atoms. The maximum atomic E-state index is 11.9. The van der Waals surface area contributed by atoms with Gasteiger partial charge in [0.15, 0.2) is 11.5 Å². The number of nitrogens with one attached hydrogen (secondary N) is 2. The number of urea groups is 1. The van der Waals surface area contributed by atoms with Crippen molar-refractivity contribution in [2.45, 2.75) is 0 Å². The van der Waals surface area contributed by atoms with Crippen molar-refractivity contribution in [1.82, 2.24) is 25.1 Å². The van der Waals surface area contributed by atoms with Gasteiger partial charge in [-0.15, -0.1) is 15.3 Å². The molecule has 158 valence electrons. The lowest BCUT2D eigenvalue weighted by atomic mass is 10.2. The van der Waals surface area contributed by atoms with E-state index in [0.29, 0.717) is 34.6 Å². The molecule has 2 N–H and O–H groups in total. The molecular formula is C21H19ClN6O3. The van der Waals surface area contributed by atoms with Gasteiger partial charge in [-0.05, 0) is 54.6 Å². The van der Waals surface area contributed by atoms with E-state index in [-0.39, 0.29) is 12.6 Å². The summed E-state index contributed by atoms with van der Waals surface area (Å²) in [5.41, 5.74) is 2.09. The van der Waals surface area contributed by atoms with E-state index in [0.717, 1.165) is 11.3 Å². The fraction of sp³-hybridized carbons (Fsp3) is 0.143. The third-order valence-corrected chi connectivity index (χ3v) is 4.58. The van der Waals surface area contributed by atoms with Gasteiger partial charge in [0.2, 0.25) is 5.88 Å². The minimum atomic E-state index is -0.338. The van der Waals surface area contributed by atoms with Gasteiger partial charge < -0.3 is 20.1 Å². The van der Waals surface area contributed by atoms with Crippen LogP contribution >= 0.6 is 11.6 Å². The lowest BCUT2D eigenvalue weighted by molar-refractivity contribution is 0.246. The van der Waals surface area contributed by atoms with Crippen molar-refractivity contribution in [2.75, 3.05) is 25.6 Å². The molecule has 0 aliphatic rings. The summed E-state index contributed by atoms with van der Waals surface area (Å²) >= 11 is 5.83. The molecule has 31 heavy (non-hydrogen) atoms. The van der Waals surface area contributed by atoms with Crippen molar-refractivity contribution < 1.29 is 14.3 Å². The van der Waals surface area contributed by atoms with Crippen LogP contribution in [-0.2, 0) is 0 Å². The number of benzene rings is 2. The Morgan fingerprint density at radius 3 is 2.55 bits per heavy atom. The van der Waals surface area contributed by atoms with E-state index in [1.54, 1.807) is 48.0 Å². The highest BCUT2D eigenvalue weighted by Gasteiger charge is 2.11. The van der Waals surface area contributed by atoms with Crippen molar-refractivity contribution in [3.8, 4) is 23.0 Å². The van der Waals surface area contributed by atoms with Crippen molar-refractivity contribution in [1.29, 1.82) is 0 Å². The van der Waals surface area contributed by atoms with Gasteiger partial charge >= 0.3 is 6.03 Å². The third kappa shape index (κ3) is 5.01. The molecule has 2 aromatic carbocycles. The van der Waals surface area contributed by atoms with Crippen LogP contribution in [0.3, 0.4) is 0 Å². The number of nitrogens with zero attached hydrogens (tertiary/aromatic N) is 4. The second kappa shape index (κ2) is 9.31. The SMILES string of the molecule is COc1ccc(-c2nnc3ccc(OCCNC(=O)Nc4ccc(Cl)cc4)nn23)cc1. The summed E-state index contributed by atoms with van der Waals surface area (Å²) in [6, 6.07) is 17.4. The molecule has 2 aromatic heterocycles. The first kappa shape index (κ1) is 20.4. The molecule has 2 heterocycles. The Hall–Kier alpha value is -3.85. The zero-order chi connectivity index (χ0) is 21.6. The number of hydrogen-bond donors (Lipinski definition) is 2. The number of fused-ring (bicyclic) bond motifs is 1. The number of aromatic nitrogens is 4. The van der Waals surface area contributed by atoms with Gasteiger partial charge in [-0.25, -0.2) is 4.79 Å². The number of carbonyl (C=O) groups excluding carboxylic acids is 1. The summed E-state index contributed by atoms with van der Waals surface area (Å²) in [7, 11) is 1.61. The summed E-state index contributed by atoms with van der Waals surface area (Å²) in [5, 5.41) is 18.8. The van der Waals surface area contributed by atoms with Crippen LogP contribution in [0.2, 0.25) is 5.02 Å². The van der Waals surface area contributed by atoms with Gasteiger partial charge in [0.1, 0.15) is 12.4 Å². The minimum Gasteiger partial charge on any atom is -0.497 e. The lowest BCUT2D eigenvalue weighted by Crippen LogP contribution is -2.32. The molecule has 0 aliphatic carbocycles. The second-order valence-corrected chi connectivity index (χ2v) is 6.87. The van der Waals surface area contributed by atoms with E-state index in [9.17, 15) is 4.79 Å². The Bertz CT molecular complexity index is 1180. The molecule has 0 unspecified atom stereocenters. The molecule has 2 amide bonds. The minimum absolute atomic E-state index is 0.243. The number of anilines is 1. The predicted octanol–water partition coefficient (Wildman–Crippen LogP) is 3.65. The smallest absolute Gasteiger partial charge is 0.319 e. The summed E-state index contributed by atoms with van der Waals surface area (Å²) < 4.78 is 12.5. The number of ether oxygens (including phenoxy) is 2. The van der Waals surface area contributed by atoms with Crippen LogP contribution in [-0.4, -0.2) is 46.1 Å². The highest BCUT2D eigenvalue weighted by atomic mass is 35.5. The molecule has 10 heteroatoms. The van der Waals surface area contributed by atoms with Gasteiger partial charge in [0.05, 0.1) is 13.7 Å². The molecule has 4 aromatic rings. The van der Waals surface area contributed by atoms with Gasteiger partial charge in [0, 0.05) is 22.3 Å². The lowest BCUT2D eigenvalue weighted by Gasteiger charge is -2.09. The Balaban J connectivity index is 1.34. The monoisotopic (exact) mass is 438 g/mol. The number of carbonyl (C=O) groups is 1. The van der Waals surface area contributed by atoms with Crippen molar-refractivity contribution in [3.63, 3.8) is 0 Å². The number of rotatable bonds is 7. The number of methoxy groups -OCH3 is 1. The van der Waals surface area contributed by atoms with Crippen LogP contribution in [0, 0.1) is 0 Å². The second-order valence-electron chi connectivity index (χ2n) is 6.43. The number of amides is 2. The fourth-order valence-electron chi connectivity index (χ4n) is 2.80. The maximum absolute atomic E-state index is 11.9. The molecule has 0 bridgehead atoms. The quantitative estimate of drug-likeness (QED) is 0.427. The average Bonchev–Trinajstić information content (AvgIpc) is 3.21. The van der Waals surface area contributed by atoms with Gasteiger partial charge in [-0.2, -0.15) is 4.52 Å². The van der Waals surface area contributed by atoms with E-state index >= 15 is 0 Å². The first-order chi connectivity index (χ1) is 15.1. The van der Waals surface area contributed by atoms with Crippen LogP contribution in [0.25, 0.3) is 17.0 Å². The van der Waals surface area contributed by atoms with E-state index in [4.69, 9.17) is 21.1 Å². The standard InChI is InChI=1S/C21H19ClN6O3/c1-30-17-8-2-14(3-9-17)20-26-25-18-10-11-19(27-28(18)20)31-13-12-23-21(29)24-16-6-4-15(22)5-7-16/h2-11H,12-13H2,1H3,(H2,23,24,29). The van der Waals surface area contributed by atoms with E-state index < -0.39 is 0 Å². The third-order valence-electron chi connectivity index (χ3n) is 4.33. The van der Waals surface area contributed by atoms with Gasteiger partial charge in [-0.1, -0.05) is 11.6 Å². The van der Waals surface area contributed by atoms with Crippen LogP contribution in [0.4, 0.5) is 10.5 Å². The van der Waals surface area contributed by atoms with E-state index in [1.807, 2.05) is 24.3 Å². The summed E-state index contributed by atoms with van der Waals surface area (Å²) in [4.78, 5) is 11.9. The molecule has 0 saturated heterocycles. The Kier molecular flexibility index (Phi) is 6.13. The van der Waals surface area contributed by atoms with Crippen molar-refractivity contribution in [3.05, 3.63) is 65.7 Å². The van der Waals surface area contributed by atoms with E-state index in [2.05, 4.69) is 25.9 Å². The molecule has 0 saturated carbocycles. The largest absolute Gasteiger partial charge is 0.497 e. The molecule has 9 nitrogen and oxygen atoms in total. The average molecular weight is 439 g/mol. The van der Waals surface area contributed by atoms with Crippen LogP contribution < -0.4 is 20.1 Å². The Labute approximate surface area is 183 Å². The Morgan fingerprint density at radius 1 is 1.03 bits per heavy atom. The highest BCUT2D eigenvalue weighted by molar-refractivity contribution is 6.30.